The van der Waals surface area contributed by atoms with Gasteiger partial charge in [-0.15, -0.1) is 0 Å². The maximum atomic E-state index is 13.4. The quantitative estimate of drug-likeness (QED) is 0.422. The molecule has 0 bridgehead atoms. The lowest BCUT2D eigenvalue weighted by atomic mass is 10.1. The molecular formula is C26H28ClN3O5S. The van der Waals surface area contributed by atoms with Crippen molar-refractivity contribution in [1.29, 1.82) is 0 Å². The monoisotopic (exact) mass is 529 g/mol. The number of nitrogens with zero attached hydrogens (tertiary/aromatic N) is 1. The lowest BCUT2D eigenvalue weighted by molar-refractivity contribution is -0.116. The van der Waals surface area contributed by atoms with Crippen molar-refractivity contribution < 1.29 is 22.7 Å². The smallest absolute Gasteiger partial charge is 0.264 e. The Hall–Kier alpha value is -3.27. The molecular weight excluding hydrogens is 502 g/mol. The molecule has 0 radical (unpaired) electrons. The number of aryl methyl sites for hydroxylation is 1. The van der Waals surface area contributed by atoms with E-state index >= 15 is 0 Å². The number of benzene rings is 3. The minimum absolute atomic E-state index is 0.0762. The molecule has 0 spiro atoms. The SMILES string of the molecule is COc1ccc(CCC(=O)Nc2ccc(N3CCOCC3)c(S(=O)(=O)Nc3ccc(Cl)cc3)c2)cc1. The van der Waals surface area contributed by atoms with Crippen LogP contribution >= 0.6 is 11.6 Å². The molecule has 1 heterocycles. The van der Waals surface area contributed by atoms with Gasteiger partial charge in [-0.1, -0.05) is 23.7 Å². The number of ether oxygens (including phenoxy) is 2. The molecule has 1 amide bonds. The summed E-state index contributed by atoms with van der Waals surface area (Å²) in [4.78, 5) is 14.7. The lowest BCUT2D eigenvalue weighted by Crippen LogP contribution is -2.37. The third-order valence-corrected chi connectivity index (χ3v) is 7.44. The highest BCUT2D eigenvalue weighted by Gasteiger charge is 2.24. The predicted molar refractivity (Wildman–Crippen MR) is 142 cm³/mol. The summed E-state index contributed by atoms with van der Waals surface area (Å²) in [6.45, 7) is 2.15. The van der Waals surface area contributed by atoms with E-state index in [0.29, 0.717) is 54.8 Å². The molecule has 1 saturated heterocycles. The molecule has 10 heteroatoms. The molecule has 3 aromatic carbocycles. The average Bonchev–Trinajstić information content (AvgIpc) is 2.89. The number of hydrogen-bond donors (Lipinski definition) is 2. The first kappa shape index (κ1) is 25.8. The minimum atomic E-state index is -3.97. The molecule has 3 aromatic rings. The minimum Gasteiger partial charge on any atom is -0.497 e. The lowest BCUT2D eigenvalue weighted by Gasteiger charge is -2.30. The zero-order valence-electron chi connectivity index (χ0n) is 19.9. The van der Waals surface area contributed by atoms with Gasteiger partial charge in [0.15, 0.2) is 0 Å². The van der Waals surface area contributed by atoms with Crippen LogP contribution in [0.1, 0.15) is 12.0 Å². The van der Waals surface area contributed by atoms with E-state index in [1.807, 2.05) is 29.2 Å². The van der Waals surface area contributed by atoms with Gasteiger partial charge in [0.2, 0.25) is 5.91 Å². The molecule has 1 aliphatic rings. The van der Waals surface area contributed by atoms with Crippen molar-refractivity contribution in [2.24, 2.45) is 0 Å². The zero-order chi connectivity index (χ0) is 25.5. The second kappa shape index (κ2) is 11.6. The summed E-state index contributed by atoms with van der Waals surface area (Å²) >= 11 is 5.93. The predicted octanol–water partition coefficient (Wildman–Crippen LogP) is 4.56. The number of anilines is 3. The maximum Gasteiger partial charge on any atom is 0.264 e. The topological polar surface area (TPSA) is 97.0 Å². The van der Waals surface area contributed by atoms with Gasteiger partial charge in [0.25, 0.3) is 10.0 Å². The van der Waals surface area contributed by atoms with E-state index in [9.17, 15) is 13.2 Å². The van der Waals surface area contributed by atoms with E-state index in [2.05, 4.69) is 10.0 Å². The van der Waals surface area contributed by atoms with Gasteiger partial charge in [0.1, 0.15) is 10.6 Å². The highest BCUT2D eigenvalue weighted by Crippen LogP contribution is 2.31. The summed E-state index contributed by atoms with van der Waals surface area (Å²) in [5.41, 5.74) is 2.35. The normalized spacial score (nSPS) is 13.8. The van der Waals surface area contributed by atoms with Crippen LogP contribution in [0.3, 0.4) is 0 Å². The summed E-state index contributed by atoms with van der Waals surface area (Å²) < 4.78 is 40.0. The number of carbonyl (C=O) groups is 1. The number of amides is 1. The number of rotatable bonds is 9. The van der Waals surface area contributed by atoms with Gasteiger partial charge < -0.3 is 19.7 Å². The van der Waals surface area contributed by atoms with E-state index in [0.717, 1.165) is 11.3 Å². The van der Waals surface area contributed by atoms with Crippen LogP contribution in [-0.2, 0) is 26.0 Å². The molecule has 2 N–H and O–H groups in total. The second-order valence-electron chi connectivity index (χ2n) is 8.29. The number of nitrogens with one attached hydrogen (secondary N) is 2. The van der Waals surface area contributed by atoms with Gasteiger partial charge in [-0.2, -0.15) is 0 Å². The third kappa shape index (κ3) is 6.69. The van der Waals surface area contributed by atoms with Gasteiger partial charge in [-0.25, -0.2) is 8.42 Å². The number of sulfonamides is 1. The van der Waals surface area contributed by atoms with Crippen LogP contribution in [0.5, 0.6) is 5.75 Å². The molecule has 1 fully saturated rings. The number of hydrogen-bond acceptors (Lipinski definition) is 6. The number of morpholine rings is 1. The Morgan fingerprint density at radius 2 is 1.67 bits per heavy atom. The molecule has 0 atom stereocenters. The summed E-state index contributed by atoms with van der Waals surface area (Å²) in [7, 11) is -2.36. The largest absolute Gasteiger partial charge is 0.497 e. The van der Waals surface area contributed by atoms with Gasteiger partial charge >= 0.3 is 0 Å². The molecule has 0 unspecified atom stereocenters. The first-order chi connectivity index (χ1) is 17.3. The van der Waals surface area contributed by atoms with E-state index in [1.165, 1.54) is 6.07 Å². The first-order valence-electron chi connectivity index (χ1n) is 11.5. The fourth-order valence-corrected chi connectivity index (χ4v) is 5.31. The maximum absolute atomic E-state index is 13.4. The standard InChI is InChI=1S/C26H28ClN3O5S/c1-34-23-10-2-19(3-11-23)4-13-26(31)28-22-9-12-24(30-14-16-35-17-15-30)25(18-22)36(32,33)29-21-7-5-20(27)6-8-21/h2-3,5-12,18,29H,4,13-17H2,1H3,(H,28,31). The Labute approximate surface area is 216 Å². The Morgan fingerprint density at radius 3 is 2.33 bits per heavy atom. The van der Waals surface area contributed by atoms with Crippen LogP contribution in [0.15, 0.2) is 71.6 Å². The number of methoxy groups -OCH3 is 1. The molecule has 0 aromatic heterocycles. The van der Waals surface area contributed by atoms with Crippen molar-refractivity contribution in [2.75, 3.05) is 48.4 Å². The van der Waals surface area contributed by atoms with Crippen LogP contribution in [-0.4, -0.2) is 47.7 Å². The van der Waals surface area contributed by atoms with Crippen LogP contribution < -0.4 is 19.7 Å². The van der Waals surface area contributed by atoms with Crippen molar-refractivity contribution in [2.45, 2.75) is 17.7 Å². The molecule has 0 aliphatic carbocycles. The highest BCUT2D eigenvalue weighted by molar-refractivity contribution is 7.92. The van der Waals surface area contributed by atoms with Crippen molar-refractivity contribution in [1.82, 2.24) is 0 Å². The third-order valence-electron chi connectivity index (χ3n) is 5.78. The zero-order valence-corrected chi connectivity index (χ0v) is 21.4. The fourth-order valence-electron chi connectivity index (χ4n) is 3.87. The van der Waals surface area contributed by atoms with E-state index < -0.39 is 10.0 Å². The van der Waals surface area contributed by atoms with Crippen LogP contribution in [0.2, 0.25) is 5.02 Å². The first-order valence-corrected chi connectivity index (χ1v) is 13.4. The van der Waals surface area contributed by atoms with Gasteiger partial charge in [-0.05, 0) is 66.6 Å². The number of carbonyl (C=O) groups excluding carboxylic acids is 1. The Morgan fingerprint density at radius 1 is 1.00 bits per heavy atom. The Kier molecular flexibility index (Phi) is 8.35. The van der Waals surface area contributed by atoms with Crippen LogP contribution in [0, 0.1) is 0 Å². The Balaban J connectivity index is 1.53. The molecule has 8 nitrogen and oxygen atoms in total. The van der Waals surface area contributed by atoms with Crippen molar-refractivity contribution >= 4 is 44.6 Å². The van der Waals surface area contributed by atoms with Gasteiger partial charge in [0.05, 0.1) is 26.0 Å². The van der Waals surface area contributed by atoms with E-state index in [-0.39, 0.29) is 17.2 Å². The van der Waals surface area contributed by atoms with Crippen LogP contribution in [0.25, 0.3) is 0 Å². The summed E-state index contributed by atoms with van der Waals surface area (Å²) in [5.74, 6) is 0.545. The Bertz CT molecular complexity index is 1290. The molecule has 0 saturated carbocycles. The van der Waals surface area contributed by atoms with Crippen molar-refractivity contribution in [3.05, 3.63) is 77.3 Å². The molecule has 36 heavy (non-hydrogen) atoms. The summed E-state index contributed by atoms with van der Waals surface area (Å²) in [5, 5.41) is 3.34. The van der Waals surface area contributed by atoms with Crippen LogP contribution in [0.4, 0.5) is 17.1 Å². The summed E-state index contributed by atoms with van der Waals surface area (Å²) in [6, 6.07) is 18.9. The van der Waals surface area contributed by atoms with Gasteiger partial charge in [-0.3, -0.25) is 9.52 Å². The number of halogens is 1. The molecule has 4 rings (SSSR count). The van der Waals surface area contributed by atoms with E-state index in [4.69, 9.17) is 21.1 Å². The average molecular weight is 530 g/mol. The molecule has 1 aliphatic heterocycles. The van der Waals surface area contributed by atoms with E-state index in [1.54, 1.807) is 43.5 Å². The second-order valence-corrected chi connectivity index (χ2v) is 10.4. The summed E-state index contributed by atoms with van der Waals surface area (Å²) in [6.07, 6.45) is 0.799. The fraction of sp³-hybridized carbons (Fsp3) is 0.269. The molecule has 190 valence electrons. The van der Waals surface area contributed by atoms with Gasteiger partial charge in [0, 0.05) is 35.9 Å². The highest BCUT2D eigenvalue weighted by atomic mass is 35.5. The van der Waals surface area contributed by atoms with Crippen molar-refractivity contribution in [3.63, 3.8) is 0 Å². The van der Waals surface area contributed by atoms with Crippen molar-refractivity contribution in [3.8, 4) is 5.75 Å².